The Balaban J connectivity index is 0.000000276. The standard InChI is InChI=1S/C19H21BrO5.C16H11ClF6N2O/c1-10-9-14(23-4)18(24-5)19(25-6)15(10)17(21)16-11(2)12(20)7-8-13(16)22-3;17-12-7-9(15(18,19)20)8-25-13(12)5-6-24-14(26)10-3-1-2-4-11(10)16(21,22)23/h7-9H,1-6H3;1-4,7-8H,5-6H2,(H,24,26). The Morgan fingerprint density at radius 1 is 0.824 bits per heavy atom. The van der Waals surface area contributed by atoms with Gasteiger partial charge in [0.2, 0.25) is 11.5 Å². The van der Waals surface area contributed by atoms with Crippen LogP contribution >= 0.6 is 27.5 Å². The van der Waals surface area contributed by atoms with Crippen LogP contribution < -0.4 is 24.3 Å². The Bertz CT molecular complexity index is 1900. The number of ketones is 1. The molecule has 1 heterocycles. The van der Waals surface area contributed by atoms with Crippen LogP contribution in [-0.2, 0) is 18.8 Å². The third-order valence-electron chi connectivity index (χ3n) is 7.43. The van der Waals surface area contributed by atoms with Gasteiger partial charge >= 0.3 is 12.4 Å². The highest BCUT2D eigenvalue weighted by Crippen LogP contribution is 2.44. The number of carbonyl (C=O) groups excluding carboxylic acids is 2. The van der Waals surface area contributed by atoms with E-state index in [9.17, 15) is 35.9 Å². The quantitative estimate of drug-likeness (QED) is 0.126. The van der Waals surface area contributed by atoms with Crippen molar-refractivity contribution in [2.75, 3.05) is 35.0 Å². The molecule has 3 aromatic carbocycles. The molecule has 0 spiro atoms. The lowest BCUT2D eigenvalue weighted by molar-refractivity contribution is -0.138. The molecule has 0 fully saturated rings. The smallest absolute Gasteiger partial charge is 0.417 e. The molecule has 4 rings (SSSR count). The van der Waals surface area contributed by atoms with Gasteiger partial charge in [-0.3, -0.25) is 14.6 Å². The number of methoxy groups -OCH3 is 4. The van der Waals surface area contributed by atoms with Crippen molar-refractivity contribution in [3.05, 3.63) is 109 Å². The molecule has 1 N–H and O–H groups in total. The molecule has 274 valence electrons. The number of hydrogen-bond acceptors (Lipinski definition) is 7. The van der Waals surface area contributed by atoms with Crippen molar-refractivity contribution in [2.45, 2.75) is 32.6 Å². The summed E-state index contributed by atoms with van der Waals surface area (Å²) in [7, 11) is 6.09. The Labute approximate surface area is 303 Å². The minimum atomic E-state index is -4.69. The Morgan fingerprint density at radius 2 is 1.45 bits per heavy atom. The van der Waals surface area contributed by atoms with Crippen LogP contribution in [-0.4, -0.2) is 51.7 Å². The van der Waals surface area contributed by atoms with Crippen molar-refractivity contribution in [2.24, 2.45) is 0 Å². The Hall–Kier alpha value is -4.50. The summed E-state index contributed by atoms with van der Waals surface area (Å²) < 4.78 is 98.7. The van der Waals surface area contributed by atoms with Crippen molar-refractivity contribution in [3.8, 4) is 23.0 Å². The maximum absolute atomic E-state index is 13.4. The van der Waals surface area contributed by atoms with Gasteiger partial charge in [0.25, 0.3) is 5.91 Å². The maximum Gasteiger partial charge on any atom is 0.417 e. The minimum absolute atomic E-state index is 0.0447. The van der Waals surface area contributed by atoms with Crippen LogP contribution in [0.4, 0.5) is 26.3 Å². The number of amides is 1. The number of pyridine rings is 1. The number of rotatable bonds is 10. The molecule has 0 saturated carbocycles. The lowest BCUT2D eigenvalue weighted by Gasteiger charge is -2.19. The number of halogens is 8. The predicted octanol–water partition coefficient (Wildman–Crippen LogP) is 9.08. The number of carbonyl (C=O) groups is 2. The molecule has 16 heteroatoms. The summed E-state index contributed by atoms with van der Waals surface area (Å²) in [6, 6.07) is 10.3. The summed E-state index contributed by atoms with van der Waals surface area (Å²) in [4.78, 5) is 28.9. The molecular weight excluding hydrogens is 774 g/mol. The molecule has 0 aliphatic rings. The SMILES string of the molecule is COc1cc(C)c(C(=O)c2c(OC)ccc(Br)c2C)c(OC)c1OC.O=C(NCCc1ncc(C(F)(F)F)cc1Cl)c1ccccc1C(F)(F)F. The van der Waals surface area contributed by atoms with Gasteiger partial charge in [-0.15, -0.1) is 0 Å². The van der Waals surface area contributed by atoms with Gasteiger partial charge in [-0.25, -0.2) is 0 Å². The fourth-order valence-electron chi connectivity index (χ4n) is 4.92. The van der Waals surface area contributed by atoms with E-state index in [0.717, 1.165) is 33.8 Å². The van der Waals surface area contributed by atoms with Crippen LogP contribution in [0.25, 0.3) is 0 Å². The van der Waals surface area contributed by atoms with E-state index in [2.05, 4.69) is 26.2 Å². The van der Waals surface area contributed by atoms with E-state index in [0.29, 0.717) is 46.4 Å². The third-order valence-corrected chi connectivity index (χ3v) is 8.62. The van der Waals surface area contributed by atoms with Crippen LogP contribution in [0.5, 0.6) is 23.0 Å². The molecule has 1 aromatic heterocycles. The summed E-state index contributed by atoms with van der Waals surface area (Å²) in [5.41, 5.74) is -0.153. The maximum atomic E-state index is 13.4. The van der Waals surface area contributed by atoms with Crippen LogP contribution in [0.3, 0.4) is 0 Å². The number of aryl methyl sites for hydroxylation is 1. The number of nitrogens with one attached hydrogen (secondary N) is 1. The molecule has 0 saturated heterocycles. The highest BCUT2D eigenvalue weighted by molar-refractivity contribution is 9.10. The van der Waals surface area contributed by atoms with Crippen LogP contribution in [0.15, 0.2) is 59.2 Å². The third kappa shape index (κ3) is 9.64. The lowest BCUT2D eigenvalue weighted by Crippen LogP contribution is -2.28. The lowest BCUT2D eigenvalue weighted by atomic mass is 9.93. The summed E-state index contributed by atoms with van der Waals surface area (Å²) in [6.07, 6.45) is -8.73. The first-order valence-corrected chi connectivity index (χ1v) is 15.9. The van der Waals surface area contributed by atoms with Crippen molar-refractivity contribution in [1.29, 1.82) is 0 Å². The zero-order valence-corrected chi connectivity index (χ0v) is 30.4. The summed E-state index contributed by atoms with van der Waals surface area (Å²) in [6.45, 7) is 3.54. The summed E-state index contributed by atoms with van der Waals surface area (Å²) in [5.74, 6) is 0.566. The van der Waals surface area contributed by atoms with E-state index < -0.39 is 35.0 Å². The van der Waals surface area contributed by atoms with Gasteiger partial charge in [-0.2, -0.15) is 26.3 Å². The molecule has 0 radical (unpaired) electrons. The molecule has 0 bridgehead atoms. The Morgan fingerprint density at radius 3 is 2.00 bits per heavy atom. The largest absolute Gasteiger partial charge is 0.496 e. The van der Waals surface area contributed by atoms with E-state index in [4.69, 9.17) is 30.5 Å². The average molecular weight is 806 g/mol. The second-order valence-corrected chi connectivity index (χ2v) is 11.9. The summed E-state index contributed by atoms with van der Waals surface area (Å²) >= 11 is 9.20. The number of alkyl halides is 6. The van der Waals surface area contributed by atoms with E-state index in [1.165, 1.54) is 27.4 Å². The topological polar surface area (TPSA) is 96.0 Å². The van der Waals surface area contributed by atoms with E-state index in [1.807, 2.05) is 19.9 Å². The van der Waals surface area contributed by atoms with Gasteiger partial charge < -0.3 is 24.3 Å². The zero-order valence-electron chi connectivity index (χ0n) is 28.0. The normalized spacial score (nSPS) is 11.3. The fourth-order valence-corrected chi connectivity index (χ4v) is 5.51. The van der Waals surface area contributed by atoms with Crippen molar-refractivity contribution in [1.82, 2.24) is 10.3 Å². The highest BCUT2D eigenvalue weighted by Gasteiger charge is 2.35. The number of ether oxygens (including phenoxy) is 4. The molecule has 0 aliphatic heterocycles. The number of nitrogens with zero attached hydrogens (tertiary/aromatic N) is 1. The molecule has 1 amide bonds. The van der Waals surface area contributed by atoms with Gasteiger partial charge in [-0.1, -0.05) is 39.7 Å². The molecule has 8 nitrogen and oxygen atoms in total. The molecule has 0 aliphatic carbocycles. The van der Waals surface area contributed by atoms with Gasteiger partial charge in [-0.05, 0) is 61.4 Å². The average Bonchev–Trinajstić information content (AvgIpc) is 3.08. The van der Waals surface area contributed by atoms with E-state index in [-0.39, 0.29) is 29.5 Å². The van der Waals surface area contributed by atoms with E-state index >= 15 is 0 Å². The summed E-state index contributed by atoms with van der Waals surface area (Å²) in [5, 5.41) is 2.03. The van der Waals surface area contributed by atoms with Crippen LogP contribution in [0.2, 0.25) is 5.02 Å². The Kier molecular flexibility index (Phi) is 13.8. The van der Waals surface area contributed by atoms with E-state index in [1.54, 1.807) is 19.2 Å². The van der Waals surface area contributed by atoms with Gasteiger partial charge in [0, 0.05) is 23.6 Å². The number of hydrogen-bond donors (Lipinski definition) is 1. The number of aromatic nitrogens is 1. The van der Waals surface area contributed by atoms with Gasteiger partial charge in [0.15, 0.2) is 11.5 Å². The second kappa shape index (κ2) is 17.1. The van der Waals surface area contributed by atoms with Crippen molar-refractivity contribution in [3.63, 3.8) is 0 Å². The first-order valence-electron chi connectivity index (χ1n) is 14.7. The molecule has 51 heavy (non-hydrogen) atoms. The minimum Gasteiger partial charge on any atom is -0.496 e. The van der Waals surface area contributed by atoms with Crippen LogP contribution in [0, 0.1) is 13.8 Å². The molecule has 0 unspecified atom stereocenters. The predicted molar refractivity (Wildman–Crippen MR) is 181 cm³/mol. The number of benzene rings is 3. The second-order valence-electron chi connectivity index (χ2n) is 10.6. The molecule has 0 atom stereocenters. The van der Waals surface area contributed by atoms with Crippen molar-refractivity contribution < 1.29 is 54.9 Å². The first kappa shape index (κ1) is 40.9. The fraction of sp³-hybridized carbons (Fsp3) is 0.286. The van der Waals surface area contributed by atoms with Crippen molar-refractivity contribution >= 4 is 39.2 Å². The highest BCUT2D eigenvalue weighted by atomic mass is 79.9. The molecule has 4 aromatic rings. The molecular formula is C35H32BrClF6N2O6. The first-order chi connectivity index (χ1) is 23.9. The van der Waals surface area contributed by atoms with Crippen LogP contribution in [0.1, 0.15) is 54.2 Å². The zero-order chi connectivity index (χ0) is 38.3. The van der Waals surface area contributed by atoms with Gasteiger partial charge in [0.1, 0.15) is 5.75 Å². The monoisotopic (exact) mass is 804 g/mol. The van der Waals surface area contributed by atoms with Gasteiger partial charge in [0.05, 0.1) is 67.0 Å².